The molecule has 33 heavy (non-hydrogen) atoms. The smallest absolute Gasteiger partial charge is 0.264 e. The summed E-state index contributed by atoms with van der Waals surface area (Å²) in [6, 6.07) is 14.1. The Balaban J connectivity index is 1.87. The van der Waals surface area contributed by atoms with Crippen molar-refractivity contribution in [2.75, 3.05) is 11.3 Å². The molecule has 2 atom stereocenters. The molecular weight excluding hydrogens is 436 g/mol. The van der Waals surface area contributed by atoms with Crippen LogP contribution in [0.1, 0.15) is 43.0 Å². The van der Waals surface area contributed by atoms with Gasteiger partial charge in [-0.15, -0.1) is 0 Å². The number of aryl methyl sites for hydroxylation is 2. The third-order valence-corrected chi connectivity index (χ3v) is 7.27. The number of benzene rings is 2. The molecule has 0 fully saturated rings. The molecule has 7 nitrogen and oxygen atoms in total. The molecule has 0 saturated carbocycles. The highest BCUT2D eigenvalue weighted by Gasteiger charge is 2.26. The van der Waals surface area contributed by atoms with Gasteiger partial charge >= 0.3 is 0 Å². The van der Waals surface area contributed by atoms with E-state index in [1.807, 2.05) is 38.1 Å². The van der Waals surface area contributed by atoms with Crippen molar-refractivity contribution in [1.29, 1.82) is 0 Å². The minimum absolute atomic E-state index is 0.0163. The summed E-state index contributed by atoms with van der Waals surface area (Å²) in [6.07, 6.45) is 0.831. The minimum atomic E-state index is -3.92. The van der Waals surface area contributed by atoms with Crippen molar-refractivity contribution in [1.82, 2.24) is 9.97 Å². The highest BCUT2D eigenvalue weighted by molar-refractivity contribution is 7.92. The molecule has 0 spiro atoms. The Hall–Kier alpha value is -2.97. The van der Waals surface area contributed by atoms with Crippen LogP contribution in [0.3, 0.4) is 0 Å². The normalized spacial score (nSPS) is 19.7. The predicted octanol–water partition coefficient (Wildman–Crippen LogP) is 4.62. The SMILES string of the molecule is Cc1cccc(C)c1-c1cc2nc(n1)NS(=O)(=O)c1cccc(c1)C(N)[C@H](CC(C)C)CO2. The van der Waals surface area contributed by atoms with Gasteiger partial charge in [-0.25, -0.2) is 18.1 Å². The number of rotatable bonds is 3. The van der Waals surface area contributed by atoms with Crippen LogP contribution in [0.4, 0.5) is 5.95 Å². The summed E-state index contributed by atoms with van der Waals surface area (Å²) in [5.41, 5.74) is 11.0. The lowest BCUT2D eigenvalue weighted by Gasteiger charge is -2.27. The zero-order chi connectivity index (χ0) is 23.8. The average Bonchev–Trinajstić information content (AvgIpc) is 2.75. The number of hydrogen-bond donors (Lipinski definition) is 2. The van der Waals surface area contributed by atoms with Gasteiger partial charge in [0.15, 0.2) is 0 Å². The summed E-state index contributed by atoms with van der Waals surface area (Å²) in [5, 5.41) is 0. The lowest BCUT2D eigenvalue weighted by molar-refractivity contribution is 0.196. The van der Waals surface area contributed by atoms with Gasteiger partial charge in [0.1, 0.15) is 0 Å². The Morgan fingerprint density at radius 3 is 2.48 bits per heavy atom. The van der Waals surface area contributed by atoms with E-state index in [4.69, 9.17) is 10.5 Å². The molecule has 1 unspecified atom stereocenters. The van der Waals surface area contributed by atoms with Crippen LogP contribution in [0.2, 0.25) is 0 Å². The molecule has 0 amide bonds. The lowest BCUT2D eigenvalue weighted by Crippen LogP contribution is -2.29. The van der Waals surface area contributed by atoms with Gasteiger partial charge in [-0.1, -0.05) is 44.2 Å². The van der Waals surface area contributed by atoms with E-state index in [1.165, 1.54) is 0 Å². The van der Waals surface area contributed by atoms with E-state index in [-0.39, 0.29) is 22.8 Å². The molecule has 0 saturated heterocycles. The summed E-state index contributed by atoms with van der Waals surface area (Å²) < 4.78 is 35.0. The molecule has 0 aliphatic carbocycles. The van der Waals surface area contributed by atoms with Gasteiger partial charge in [-0.2, -0.15) is 4.98 Å². The predicted molar refractivity (Wildman–Crippen MR) is 130 cm³/mol. The average molecular weight is 467 g/mol. The molecule has 1 aliphatic heterocycles. The molecule has 8 heteroatoms. The number of nitrogens with zero attached hydrogens (tertiary/aromatic N) is 2. The number of sulfonamides is 1. The number of ether oxygens (including phenoxy) is 1. The van der Waals surface area contributed by atoms with Crippen molar-refractivity contribution in [2.45, 2.75) is 45.1 Å². The molecule has 174 valence electrons. The first-order valence-corrected chi connectivity index (χ1v) is 12.6. The van der Waals surface area contributed by atoms with Gasteiger partial charge in [-0.05, 0) is 55.0 Å². The van der Waals surface area contributed by atoms with Gasteiger partial charge in [0.2, 0.25) is 11.8 Å². The monoisotopic (exact) mass is 466 g/mol. The Morgan fingerprint density at radius 2 is 1.79 bits per heavy atom. The molecular formula is C25H30N4O3S. The van der Waals surface area contributed by atoms with Crippen LogP contribution in [0.5, 0.6) is 5.88 Å². The topological polar surface area (TPSA) is 107 Å². The Bertz CT molecular complexity index is 1250. The van der Waals surface area contributed by atoms with Crippen molar-refractivity contribution in [3.63, 3.8) is 0 Å². The molecule has 1 aromatic heterocycles. The van der Waals surface area contributed by atoms with Crippen molar-refractivity contribution in [2.24, 2.45) is 17.6 Å². The first-order valence-electron chi connectivity index (χ1n) is 11.1. The van der Waals surface area contributed by atoms with E-state index >= 15 is 0 Å². The number of anilines is 1. The highest BCUT2D eigenvalue weighted by atomic mass is 32.2. The fourth-order valence-electron chi connectivity index (χ4n) is 4.35. The second-order valence-corrected chi connectivity index (χ2v) is 10.8. The van der Waals surface area contributed by atoms with Crippen LogP contribution in [0, 0.1) is 25.7 Å². The maximum Gasteiger partial charge on any atom is 0.264 e. The standard InChI is InChI=1S/C25H30N4O3S/c1-15(2)11-19-14-32-22-13-21(23-16(3)7-5-8-17(23)4)27-25(28-22)29-33(30,31)20-10-6-9-18(12-20)24(19)26/h5-10,12-13,15,19,24H,11,14,26H2,1-4H3,(H,27,28,29)/t19-,24?/m1/s1. The molecule has 0 radical (unpaired) electrons. The van der Waals surface area contributed by atoms with Crippen molar-refractivity contribution >= 4 is 16.0 Å². The summed E-state index contributed by atoms with van der Waals surface area (Å²) in [5.74, 6) is 0.668. The molecule has 4 bridgehead atoms. The maximum atomic E-state index is 13.2. The fraction of sp³-hybridized carbons (Fsp3) is 0.360. The van der Waals surface area contributed by atoms with E-state index in [9.17, 15) is 8.42 Å². The maximum absolute atomic E-state index is 13.2. The lowest BCUT2D eigenvalue weighted by atomic mass is 9.87. The summed E-state index contributed by atoms with van der Waals surface area (Å²) in [7, 11) is -3.92. The second kappa shape index (κ2) is 9.11. The number of aromatic nitrogens is 2. The van der Waals surface area contributed by atoms with Crippen molar-refractivity contribution in [3.8, 4) is 17.1 Å². The van der Waals surface area contributed by atoms with Crippen LogP contribution in [-0.4, -0.2) is 25.0 Å². The second-order valence-electron chi connectivity index (χ2n) is 9.09. The number of nitrogens with one attached hydrogen (secondary N) is 1. The first-order chi connectivity index (χ1) is 15.6. The third-order valence-electron chi connectivity index (χ3n) is 5.95. The molecule has 4 rings (SSSR count). The quantitative estimate of drug-likeness (QED) is 0.583. The van der Waals surface area contributed by atoms with Crippen LogP contribution >= 0.6 is 0 Å². The molecule has 2 heterocycles. The summed E-state index contributed by atoms with van der Waals surface area (Å²) in [6.45, 7) is 8.62. The Morgan fingerprint density at radius 1 is 1.09 bits per heavy atom. The van der Waals surface area contributed by atoms with Gasteiger partial charge in [0, 0.05) is 23.6 Å². The van der Waals surface area contributed by atoms with Gasteiger partial charge < -0.3 is 10.5 Å². The van der Waals surface area contributed by atoms with Gasteiger partial charge in [0.05, 0.1) is 17.2 Å². The zero-order valence-electron chi connectivity index (χ0n) is 19.4. The summed E-state index contributed by atoms with van der Waals surface area (Å²) in [4.78, 5) is 9.02. The van der Waals surface area contributed by atoms with E-state index < -0.39 is 10.0 Å². The van der Waals surface area contributed by atoms with Crippen molar-refractivity contribution in [3.05, 3.63) is 65.2 Å². The summed E-state index contributed by atoms with van der Waals surface area (Å²) >= 11 is 0. The van der Waals surface area contributed by atoms with E-state index in [0.29, 0.717) is 24.1 Å². The van der Waals surface area contributed by atoms with Crippen LogP contribution < -0.4 is 15.2 Å². The highest BCUT2D eigenvalue weighted by Crippen LogP contribution is 2.32. The third kappa shape index (κ3) is 5.02. The number of nitrogens with two attached hydrogens (primary N) is 1. The van der Waals surface area contributed by atoms with E-state index in [2.05, 4.69) is 28.5 Å². The molecule has 3 aromatic rings. The van der Waals surface area contributed by atoms with Crippen molar-refractivity contribution < 1.29 is 13.2 Å². The molecule has 3 N–H and O–H groups in total. The van der Waals surface area contributed by atoms with Crippen LogP contribution in [0.25, 0.3) is 11.3 Å². The van der Waals surface area contributed by atoms with E-state index in [1.54, 1.807) is 24.3 Å². The fourth-order valence-corrected chi connectivity index (χ4v) is 5.35. The first kappa shape index (κ1) is 23.2. The number of hydrogen-bond acceptors (Lipinski definition) is 6. The van der Waals surface area contributed by atoms with Gasteiger partial charge in [0.25, 0.3) is 10.0 Å². The molecule has 2 aromatic carbocycles. The van der Waals surface area contributed by atoms with Crippen LogP contribution in [-0.2, 0) is 10.0 Å². The Kier molecular flexibility index (Phi) is 6.41. The Labute approximate surface area is 195 Å². The number of fused-ring (bicyclic) bond motifs is 4. The molecule has 1 aliphatic rings. The van der Waals surface area contributed by atoms with Gasteiger partial charge in [-0.3, -0.25) is 0 Å². The van der Waals surface area contributed by atoms with E-state index in [0.717, 1.165) is 28.7 Å². The largest absolute Gasteiger partial charge is 0.477 e. The zero-order valence-corrected chi connectivity index (χ0v) is 20.2. The van der Waals surface area contributed by atoms with Crippen LogP contribution in [0.15, 0.2) is 53.4 Å². The minimum Gasteiger partial charge on any atom is -0.477 e.